The molecule has 0 bridgehead atoms. The lowest BCUT2D eigenvalue weighted by Gasteiger charge is -2.10. The number of carbonyl (C=O) groups is 1. The van der Waals surface area contributed by atoms with E-state index in [0.717, 1.165) is 35.0 Å². The van der Waals surface area contributed by atoms with Crippen molar-refractivity contribution in [2.45, 2.75) is 12.8 Å². The number of aliphatic imine (C=N–C) groups is 1. The van der Waals surface area contributed by atoms with Gasteiger partial charge in [0.2, 0.25) is 11.8 Å². The number of amides is 1. The molecule has 0 atom stereocenters. The molecule has 6 heteroatoms. The number of carbonyl (C=O) groups excluding carboxylic acids is 1. The van der Waals surface area contributed by atoms with Crippen LogP contribution in [-0.4, -0.2) is 35.5 Å². The molecule has 1 fully saturated rings. The number of fused-ring (bicyclic) bond motifs is 1. The van der Waals surface area contributed by atoms with Crippen LogP contribution in [0.2, 0.25) is 0 Å². The maximum atomic E-state index is 12.0. The topological polar surface area (TPSA) is 68.5 Å². The Balaban J connectivity index is 2.02. The Kier molecular flexibility index (Phi) is 4.70. The molecule has 1 N–H and O–H groups in total. The number of aromatic nitrogens is 2. The molecule has 2 heterocycles. The van der Waals surface area contributed by atoms with Gasteiger partial charge in [-0.05, 0) is 25.0 Å². The Morgan fingerprint density at radius 3 is 2.84 bits per heavy atom. The molecule has 2 aromatic heterocycles. The summed E-state index contributed by atoms with van der Waals surface area (Å²) in [7, 11) is 5.24. The number of rotatable bonds is 5. The molecule has 0 radical (unpaired) electrons. The predicted octanol–water partition coefficient (Wildman–Crippen LogP) is 3.17. The number of nitrogens with zero attached hydrogens (tertiary/aromatic N) is 3. The highest BCUT2D eigenvalue weighted by Gasteiger charge is 2.29. The first-order valence-electron chi connectivity index (χ1n) is 8.19. The van der Waals surface area contributed by atoms with Gasteiger partial charge >= 0.3 is 0 Å². The van der Waals surface area contributed by atoms with E-state index < -0.39 is 0 Å². The number of ether oxygens (including phenoxy) is 1. The molecule has 0 spiro atoms. The second-order valence-corrected chi connectivity index (χ2v) is 6.03. The zero-order valence-electron chi connectivity index (χ0n) is 14.7. The molecule has 1 saturated carbocycles. The van der Waals surface area contributed by atoms with E-state index in [9.17, 15) is 4.79 Å². The average molecular weight is 338 g/mol. The SMILES string of the molecule is C=C/C=C(\C(=NC)OC)c1cc2cnc(NC(=O)C3CC3)cc2n1C. The number of anilines is 1. The van der Waals surface area contributed by atoms with Gasteiger partial charge in [-0.2, -0.15) is 0 Å². The van der Waals surface area contributed by atoms with Crippen molar-refractivity contribution < 1.29 is 9.53 Å². The van der Waals surface area contributed by atoms with E-state index in [1.807, 2.05) is 29.8 Å². The Morgan fingerprint density at radius 1 is 1.48 bits per heavy atom. The number of nitrogens with one attached hydrogen (secondary N) is 1. The molecule has 25 heavy (non-hydrogen) atoms. The average Bonchev–Trinajstić information content (AvgIpc) is 3.41. The Morgan fingerprint density at radius 2 is 2.24 bits per heavy atom. The summed E-state index contributed by atoms with van der Waals surface area (Å²) in [5.41, 5.74) is 2.74. The van der Waals surface area contributed by atoms with Gasteiger partial charge in [-0.1, -0.05) is 12.7 Å². The molecular formula is C19H22N4O2. The summed E-state index contributed by atoms with van der Waals surface area (Å²) in [5.74, 6) is 1.30. The first-order valence-corrected chi connectivity index (χ1v) is 8.19. The first kappa shape index (κ1) is 17.0. The van der Waals surface area contributed by atoms with Crippen LogP contribution in [0.25, 0.3) is 16.5 Å². The molecule has 0 aromatic carbocycles. The Hall–Kier alpha value is -2.89. The van der Waals surface area contributed by atoms with E-state index in [1.165, 1.54) is 0 Å². The largest absolute Gasteiger partial charge is 0.481 e. The van der Waals surface area contributed by atoms with Crippen LogP contribution in [0.3, 0.4) is 0 Å². The van der Waals surface area contributed by atoms with E-state index in [2.05, 4.69) is 21.9 Å². The van der Waals surface area contributed by atoms with Gasteiger partial charge in [-0.3, -0.25) is 9.79 Å². The zero-order chi connectivity index (χ0) is 18.0. The standard InChI is InChI=1S/C19H22N4O2/c1-5-6-14(19(20-2)25-4)16-9-13-11-21-17(10-15(13)23(16)3)22-18(24)12-7-8-12/h5-6,9-12H,1,7-8H2,2-4H3,(H,21,22,24)/b14-6-,20-19?. The van der Waals surface area contributed by atoms with Gasteiger partial charge in [0.1, 0.15) is 5.82 Å². The summed E-state index contributed by atoms with van der Waals surface area (Å²) in [5, 5.41) is 3.86. The number of hydrogen-bond donors (Lipinski definition) is 1. The summed E-state index contributed by atoms with van der Waals surface area (Å²) in [6.45, 7) is 3.77. The normalized spacial score (nSPS) is 15.3. The maximum absolute atomic E-state index is 12.0. The highest BCUT2D eigenvalue weighted by atomic mass is 16.5. The number of allylic oxidation sites excluding steroid dienone is 2. The minimum Gasteiger partial charge on any atom is -0.481 e. The van der Waals surface area contributed by atoms with Crippen molar-refractivity contribution in [3.63, 3.8) is 0 Å². The molecule has 1 aliphatic rings. The highest BCUT2D eigenvalue weighted by Crippen LogP contribution is 2.31. The third kappa shape index (κ3) is 3.33. The van der Waals surface area contributed by atoms with Gasteiger partial charge in [0.15, 0.2) is 0 Å². The fraction of sp³-hybridized carbons (Fsp3) is 0.316. The zero-order valence-corrected chi connectivity index (χ0v) is 14.7. The van der Waals surface area contributed by atoms with Crippen LogP contribution < -0.4 is 5.32 Å². The van der Waals surface area contributed by atoms with Crippen LogP contribution in [0.5, 0.6) is 0 Å². The summed E-state index contributed by atoms with van der Waals surface area (Å²) in [6, 6.07) is 3.91. The molecule has 0 unspecified atom stereocenters. The Bertz CT molecular complexity index is 888. The monoisotopic (exact) mass is 338 g/mol. The second kappa shape index (κ2) is 6.93. The van der Waals surface area contributed by atoms with Gasteiger partial charge in [-0.15, -0.1) is 0 Å². The van der Waals surface area contributed by atoms with Crippen molar-refractivity contribution in [2.24, 2.45) is 18.0 Å². The van der Waals surface area contributed by atoms with Crippen LogP contribution in [0.15, 0.2) is 42.1 Å². The molecule has 0 saturated heterocycles. The summed E-state index contributed by atoms with van der Waals surface area (Å²) < 4.78 is 7.41. The maximum Gasteiger partial charge on any atom is 0.228 e. The Labute approximate surface area is 146 Å². The van der Waals surface area contributed by atoms with Crippen LogP contribution in [0.4, 0.5) is 5.82 Å². The van der Waals surface area contributed by atoms with Crippen LogP contribution in [-0.2, 0) is 16.6 Å². The molecule has 6 nitrogen and oxygen atoms in total. The fourth-order valence-corrected chi connectivity index (χ4v) is 2.84. The third-order valence-corrected chi connectivity index (χ3v) is 4.31. The second-order valence-electron chi connectivity index (χ2n) is 6.03. The van der Waals surface area contributed by atoms with Crippen molar-refractivity contribution in [1.29, 1.82) is 0 Å². The van der Waals surface area contributed by atoms with Gasteiger partial charge in [0, 0.05) is 37.7 Å². The molecule has 130 valence electrons. The minimum absolute atomic E-state index is 0.0494. The van der Waals surface area contributed by atoms with Crippen molar-refractivity contribution in [3.8, 4) is 0 Å². The number of aryl methyl sites for hydroxylation is 1. The van der Waals surface area contributed by atoms with E-state index in [1.54, 1.807) is 26.4 Å². The lowest BCUT2D eigenvalue weighted by Crippen LogP contribution is -2.14. The van der Waals surface area contributed by atoms with Crippen molar-refractivity contribution in [2.75, 3.05) is 19.5 Å². The van der Waals surface area contributed by atoms with Crippen LogP contribution >= 0.6 is 0 Å². The molecule has 1 aliphatic carbocycles. The lowest BCUT2D eigenvalue weighted by atomic mass is 10.1. The third-order valence-electron chi connectivity index (χ3n) is 4.31. The minimum atomic E-state index is 0.0494. The molecular weight excluding hydrogens is 316 g/mol. The molecule has 1 amide bonds. The van der Waals surface area contributed by atoms with Crippen LogP contribution in [0, 0.1) is 5.92 Å². The number of methoxy groups -OCH3 is 1. The summed E-state index contributed by atoms with van der Waals surface area (Å²) >= 11 is 0. The van der Waals surface area contributed by atoms with Crippen LogP contribution in [0.1, 0.15) is 18.5 Å². The van der Waals surface area contributed by atoms with Crippen molar-refractivity contribution in [3.05, 3.63) is 42.8 Å². The molecule has 3 rings (SSSR count). The van der Waals surface area contributed by atoms with E-state index >= 15 is 0 Å². The van der Waals surface area contributed by atoms with Gasteiger partial charge in [-0.25, -0.2) is 4.98 Å². The summed E-state index contributed by atoms with van der Waals surface area (Å²) in [4.78, 5) is 20.5. The van der Waals surface area contributed by atoms with Gasteiger partial charge < -0.3 is 14.6 Å². The summed E-state index contributed by atoms with van der Waals surface area (Å²) in [6.07, 6.45) is 7.27. The van der Waals surface area contributed by atoms with E-state index in [-0.39, 0.29) is 11.8 Å². The van der Waals surface area contributed by atoms with E-state index in [4.69, 9.17) is 4.74 Å². The number of hydrogen-bond acceptors (Lipinski definition) is 4. The van der Waals surface area contributed by atoms with Gasteiger partial charge in [0.05, 0.1) is 23.9 Å². The smallest absolute Gasteiger partial charge is 0.228 e. The predicted molar refractivity (Wildman–Crippen MR) is 101 cm³/mol. The number of pyridine rings is 1. The molecule has 2 aromatic rings. The lowest BCUT2D eigenvalue weighted by molar-refractivity contribution is -0.117. The molecule has 0 aliphatic heterocycles. The van der Waals surface area contributed by atoms with E-state index in [0.29, 0.717) is 11.7 Å². The van der Waals surface area contributed by atoms with Crippen molar-refractivity contribution in [1.82, 2.24) is 9.55 Å². The van der Waals surface area contributed by atoms with Gasteiger partial charge in [0.25, 0.3) is 0 Å². The van der Waals surface area contributed by atoms with Crippen molar-refractivity contribution >= 4 is 34.1 Å². The quantitative estimate of drug-likeness (QED) is 0.517. The first-order chi connectivity index (χ1) is 12.1. The fourth-order valence-electron chi connectivity index (χ4n) is 2.84. The highest BCUT2D eigenvalue weighted by molar-refractivity contribution is 6.20.